The molecule has 0 bridgehead atoms. The van der Waals surface area contributed by atoms with Crippen molar-refractivity contribution in [2.45, 2.75) is 57.9 Å². The number of nitriles is 1. The summed E-state index contributed by atoms with van der Waals surface area (Å²) < 4.78 is 15.7. The Hall–Kier alpha value is -2.92. The van der Waals surface area contributed by atoms with E-state index in [2.05, 4.69) is 18.4 Å². The number of rotatable bonds is 3. The van der Waals surface area contributed by atoms with Crippen LogP contribution in [-0.4, -0.2) is 45.0 Å². The van der Waals surface area contributed by atoms with Gasteiger partial charge in [0.15, 0.2) is 5.65 Å². The van der Waals surface area contributed by atoms with Gasteiger partial charge in [-0.2, -0.15) is 5.10 Å². The van der Waals surface area contributed by atoms with E-state index >= 15 is 0 Å². The maximum absolute atomic E-state index is 13.9. The Bertz CT molecular complexity index is 1130. The highest BCUT2D eigenvalue weighted by Gasteiger charge is 2.33. The number of halogens is 2. The average molecular weight is 471 g/mol. The maximum atomic E-state index is 13.9. The second-order valence-electron chi connectivity index (χ2n) is 8.73. The summed E-state index contributed by atoms with van der Waals surface area (Å²) in [7, 11) is 0. The van der Waals surface area contributed by atoms with Gasteiger partial charge < -0.3 is 9.80 Å². The molecule has 33 heavy (non-hydrogen) atoms. The molecular weight excluding hydrogens is 443 g/mol. The number of amides is 1. The van der Waals surface area contributed by atoms with Crippen molar-refractivity contribution in [2.75, 3.05) is 24.5 Å². The number of carbonyl (C=O) groups excluding carboxylic acids is 1. The van der Waals surface area contributed by atoms with Gasteiger partial charge in [0.2, 0.25) is 0 Å². The van der Waals surface area contributed by atoms with E-state index in [1.54, 1.807) is 0 Å². The Kier molecular flexibility index (Phi) is 6.99. The number of allylic oxidation sites excluding steroid dienone is 2. The second-order valence-corrected chi connectivity index (χ2v) is 9.19. The van der Waals surface area contributed by atoms with Crippen LogP contribution in [0.25, 0.3) is 5.65 Å². The predicted molar refractivity (Wildman–Crippen MR) is 125 cm³/mol. The van der Waals surface area contributed by atoms with E-state index in [-0.39, 0.29) is 29.8 Å². The van der Waals surface area contributed by atoms with Gasteiger partial charge >= 0.3 is 0 Å². The van der Waals surface area contributed by atoms with Crippen molar-refractivity contribution in [3.8, 4) is 6.57 Å². The second kappa shape index (κ2) is 9.92. The van der Waals surface area contributed by atoms with E-state index in [1.807, 2.05) is 21.7 Å². The molecule has 0 N–H and O–H groups in total. The number of piperidine rings is 1. The fraction of sp³-hybridized carbons (Fsp3) is 0.500. The van der Waals surface area contributed by atoms with Crippen molar-refractivity contribution < 1.29 is 9.18 Å². The summed E-state index contributed by atoms with van der Waals surface area (Å²) in [4.78, 5) is 22.3. The van der Waals surface area contributed by atoms with Crippen molar-refractivity contribution >= 4 is 29.0 Å². The van der Waals surface area contributed by atoms with E-state index in [1.165, 1.54) is 18.9 Å². The zero-order valence-electron chi connectivity index (χ0n) is 18.8. The zero-order chi connectivity index (χ0) is 23.5. The number of aryl methyl sites for hydroxylation is 1. The molecule has 7 nitrogen and oxygen atoms in total. The zero-order valence-corrected chi connectivity index (χ0v) is 19.6. The average Bonchev–Trinajstić information content (AvgIpc) is 3.51. The van der Waals surface area contributed by atoms with Gasteiger partial charge in [0.05, 0.1) is 17.3 Å². The molecule has 0 saturated carbocycles. The number of hydrogen-bond donors (Lipinski definition) is 0. The minimum absolute atomic E-state index is 0.158. The Balaban J connectivity index is 0.00000126. The molecular formula is C24H28ClFN6O. The normalized spacial score (nSPS) is 21.1. The van der Waals surface area contributed by atoms with Crippen LogP contribution in [0.4, 0.5) is 10.2 Å². The first-order chi connectivity index (χ1) is 16.0. The highest BCUT2D eigenvalue weighted by Crippen LogP contribution is 2.35. The number of anilines is 1. The summed E-state index contributed by atoms with van der Waals surface area (Å²) in [6.45, 7) is 8.26. The smallest absolute Gasteiger partial charge is 0.255 e. The third-order valence-electron chi connectivity index (χ3n) is 6.54. The van der Waals surface area contributed by atoms with Crippen molar-refractivity contribution in [1.82, 2.24) is 19.5 Å². The van der Waals surface area contributed by atoms with Gasteiger partial charge in [-0.25, -0.2) is 19.2 Å². The largest absolute Gasteiger partial charge is 0.356 e. The molecule has 1 aliphatic carbocycles. The van der Waals surface area contributed by atoms with E-state index in [4.69, 9.17) is 26.9 Å². The van der Waals surface area contributed by atoms with E-state index in [9.17, 15) is 9.18 Å². The Morgan fingerprint density at radius 3 is 2.67 bits per heavy atom. The molecule has 1 unspecified atom stereocenters. The van der Waals surface area contributed by atoms with Crippen molar-refractivity contribution in [2.24, 2.45) is 0 Å². The molecule has 2 aliphatic heterocycles. The predicted octanol–water partition coefficient (Wildman–Crippen LogP) is 4.97. The van der Waals surface area contributed by atoms with Crippen LogP contribution in [0.1, 0.15) is 62.2 Å². The summed E-state index contributed by atoms with van der Waals surface area (Å²) >= 11 is 6.30. The molecule has 9 heteroatoms. The topological polar surface area (TPSA) is 77.5 Å². The first kappa shape index (κ1) is 23.2. The highest BCUT2D eigenvalue weighted by molar-refractivity contribution is 6.32. The maximum Gasteiger partial charge on any atom is 0.255 e. The number of likely N-dealkylation sites (tertiary alicyclic amines) is 1. The highest BCUT2D eigenvalue weighted by atomic mass is 35.5. The minimum atomic E-state index is -0.289. The lowest BCUT2D eigenvalue weighted by Gasteiger charge is -2.35. The molecule has 2 aromatic rings. The third-order valence-corrected chi connectivity index (χ3v) is 6.93. The fourth-order valence-corrected chi connectivity index (χ4v) is 5.15. The number of fused-ring (bicyclic) bond motifs is 1. The van der Waals surface area contributed by atoms with E-state index in [0.29, 0.717) is 18.0 Å². The lowest BCUT2D eigenvalue weighted by atomic mass is 9.96. The summed E-state index contributed by atoms with van der Waals surface area (Å²) in [5.41, 5.74) is 3.00. The molecule has 2 saturated heterocycles. The van der Waals surface area contributed by atoms with Crippen molar-refractivity contribution in [3.05, 3.63) is 46.0 Å². The number of aromatic nitrogens is 3. The lowest BCUT2D eigenvalue weighted by Crippen LogP contribution is -2.39. The summed E-state index contributed by atoms with van der Waals surface area (Å²) in [6.07, 6.45) is 9.12. The first-order valence-corrected chi connectivity index (χ1v) is 11.8. The Morgan fingerprint density at radius 1 is 1.18 bits per heavy atom. The van der Waals surface area contributed by atoms with Crippen LogP contribution < -0.4 is 4.90 Å². The monoisotopic (exact) mass is 470 g/mol. The molecule has 1 amide bonds. The van der Waals surface area contributed by atoms with Crippen LogP contribution in [-0.2, 0) is 4.79 Å². The summed E-state index contributed by atoms with van der Waals surface area (Å²) in [5, 5.41) is 11.7. The number of hydrogen-bond acceptors (Lipinski definition) is 5. The molecule has 1 atom stereocenters. The molecule has 0 radical (unpaired) electrons. The SMILES string of the molecule is C#N.Cc1cn2nc(C3CCCCN3C(=O)C3=C(Cl)CCC(F)=C3)cc2nc1N1CCCC1. The summed E-state index contributed by atoms with van der Waals surface area (Å²) in [6, 6.07) is 1.83. The fourth-order valence-electron chi connectivity index (χ4n) is 4.92. The standard InChI is InChI=1S/C23H27ClFN5O.CHN/c1-15-14-30-21(26-22(15)28-9-4-5-10-28)13-19(27-30)20-6-2-3-11-29(20)23(31)17-12-16(25)7-8-18(17)24;1-2/h12-14,20H,2-11H2,1H3;1H. The van der Waals surface area contributed by atoms with Crippen LogP contribution in [0.3, 0.4) is 0 Å². The number of carbonyl (C=O) groups is 1. The van der Waals surface area contributed by atoms with Crippen molar-refractivity contribution in [3.63, 3.8) is 0 Å². The van der Waals surface area contributed by atoms with Crippen LogP contribution >= 0.6 is 11.6 Å². The molecule has 2 fully saturated rings. The van der Waals surface area contributed by atoms with Crippen LogP contribution in [0, 0.1) is 18.8 Å². The van der Waals surface area contributed by atoms with E-state index < -0.39 is 0 Å². The van der Waals surface area contributed by atoms with Gasteiger partial charge in [-0.15, -0.1) is 0 Å². The molecule has 0 aromatic carbocycles. The van der Waals surface area contributed by atoms with Gasteiger partial charge in [-0.3, -0.25) is 4.79 Å². The first-order valence-electron chi connectivity index (χ1n) is 11.4. The molecule has 174 valence electrons. The van der Waals surface area contributed by atoms with Gasteiger partial charge in [-0.1, -0.05) is 11.6 Å². The van der Waals surface area contributed by atoms with Crippen molar-refractivity contribution in [1.29, 1.82) is 5.26 Å². The number of nitrogens with zero attached hydrogens (tertiary/aromatic N) is 6. The molecule has 2 aromatic heterocycles. The van der Waals surface area contributed by atoms with Crippen LogP contribution in [0.2, 0.25) is 0 Å². The third kappa shape index (κ3) is 4.60. The van der Waals surface area contributed by atoms with Crippen LogP contribution in [0.15, 0.2) is 34.8 Å². The van der Waals surface area contributed by atoms with E-state index in [0.717, 1.165) is 55.1 Å². The van der Waals surface area contributed by atoms with Gasteiger partial charge in [0, 0.05) is 55.5 Å². The quantitative estimate of drug-likeness (QED) is 0.632. The minimum Gasteiger partial charge on any atom is -0.356 e. The van der Waals surface area contributed by atoms with Gasteiger partial charge in [0.25, 0.3) is 5.91 Å². The summed E-state index contributed by atoms with van der Waals surface area (Å²) in [5.74, 6) is 0.527. The Morgan fingerprint density at radius 2 is 1.91 bits per heavy atom. The molecule has 3 aliphatic rings. The Labute approximate surface area is 198 Å². The van der Waals surface area contributed by atoms with Gasteiger partial charge in [-0.05, 0) is 51.5 Å². The lowest BCUT2D eigenvalue weighted by molar-refractivity contribution is -0.130. The van der Waals surface area contributed by atoms with Crippen LogP contribution in [0.5, 0.6) is 0 Å². The molecule has 5 rings (SSSR count). The van der Waals surface area contributed by atoms with Gasteiger partial charge in [0.1, 0.15) is 11.6 Å². The molecule has 4 heterocycles. The molecule has 0 spiro atoms.